The molecule has 6 nitrogen and oxygen atoms in total. The molecule has 0 aromatic carbocycles. The Morgan fingerprint density at radius 1 is 1.50 bits per heavy atom. The van der Waals surface area contributed by atoms with Crippen molar-refractivity contribution in [3.05, 3.63) is 0 Å². The predicted molar refractivity (Wildman–Crippen MR) is 30.0 cm³/mol. The van der Waals surface area contributed by atoms with Gasteiger partial charge >= 0.3 is 15.5 Å². The van der Waals surface area contributed by atoms with Gasteiger partial charge in [0.15, 0.2) is 0 Å². The highest BCUT2D eigenvalue weighted by Crippen LogP contribution is 2.31. The average Bonchev–Trinajstić information content (AvgIpc) is 1.52. The van der Waals surface area contributed by atoms with Gasteiger partial charge in [0, 0.05) is 0 Å². The fraction of sp³-hybridized carbons (Fsp3) is 1.00. The van der Waals surface area contributed by atoms with E-state index in [1.807, 2.05) is 0 Å². The highest BCUT2D eigenvalue weighted by molar-refractivity contribution is 7.95. The summed E-state index contributed by atoms with van der Waals surface area (Å²) in [7, 11) is -11.1. The van der Waals surface area contributed by atoms with Crippen molar-refractivity contribution in [2.24, 2.45) is 0 Å². The number of hydrogen-bond acceptors (Lipinski definition) is 4. The molecule has 0 amide bonds. The second-order valence-electron chi connectivity index (χ2n) is 1.62. The SMILES string of the molecule is N=P([O-])(O)NS(=O)(=O)C(F)(F)F. The van der Waals surface area contributed by atoms with Gasteiger partial charge in [-0.3, -0.25) is 5.16 Å². The molecule has 0 saturated carbocycles. The van der Waals surface area contributed by atoms with E-state index in [0.29, 0.717) is 0 Å². The molecular formula is CH3F3N2O4PS-. The minimum absolute atomic E-state index is 0.260. The minimum atomic E-state index is -5.91. The summed E-state index contributed by atoms with van der Waals surface area (Å²) in [6.45, 7) is 0. The van der Waals surface area contributed by atoms with E-state index in [1.165, 1.54) is 0 Å². The Bertz CT molecular complexity index is 301. The van der Waals surface area contributed by atoms with Gasteiger partial charge in [0.05, 0.1) is 7.66 Å². The smallest absolute Gasteiger partial charge is 0.511 e. The summed E-state index contributed by atoms with van der Waals surface area (Å²) in [4.78, 5) is 17.9. The van der Waals surface area contributed by atoms with Gasteiger partial charge in [-0.25, -0.2) is 8.42 Å². The molecule has 1 unspecified atom stereocenters. The molecule has 0 spiro atoms. The van der Waals surface area contributed by atoms with Crippen molar-refractivity contribution in [2.75, 3.05) is 0 Å². The van der Waals surface area contributed by atoms with Crippen molar-refractivity contribution < 1.29 is 31.4 Å². The van der Waals surface area contributed by atoms with E-state index in [9.17, 15) is 26.5 Å². The van der Waals surface area contributed by atoms with Crippen LogP contribution in [0.4, 0.5) is 13.2 Å². The molecule has 0 aromatic heterocycles. The van der Waals surface area contributed by atoms with Crippen LogP contribution in [0, 0.1) is 5.16 Å². The summed E-state index contributed by atoms with van der Waals surface area (Å²) in [5, 5.41) is 5.99. The Hall–Kier alpha value is -0.150. The Kier molecular flexibility index (Phi) is 2.93. The van der Waals surface area contributed by atoms with Gasteiger partial charge in [-0.05, 0) is 0 Å². The number of hydrogen-bond donors (Lipinski definition) is 3. The van der Waals surface area contributed by atoms with Crippen LogP contribution in [0.5, 0.6) is 0 Å². The lowest BCUT2D eigenvalue weighted by Crippen LogP contribution is -2.36. The van der Waals surface area contributed by atoms with Crippen LogP contribution in [-0.2, 0) is 10.0 Å². The van der Waals surface area contributed by atoms with Crippen molar-refractivity contribution in [3.8, 4) is 0 Å². The first-order valence-corrected chi connectivity index (χ1v) is 5.28. The summed E-state index contributed by atoms with van der Waals surface area (Å²) in [6, 6.07) is 0. The van der Waals surface area contributed by atoms with Crippen LogP contribution < -0.4 is 9.39 Å². The highest BCUT2D eigenvalue weighted by atomic mass is 32.2. The lowest BCUT2D eigenvalue weighted by molar-refractivity contribution is -0.185. The Morgan fingerprint density at radius 2 is 1.83 bits per heavy atom. The molecule has 3 N–H and O–H groups in total. The Labute approximate surface area is 65.1 Å². The quantitative estimate of drug-likeness (QED) is 0.541. The van der Waals surface area contributed by atoms with E-state index in [0.717, 1.165) is 0 Å². The molecule has 74 valence electrons. The van der Waals surface area contributed by atoms with E-state index in [-0.39, 0.29) is 4.49 Å². The molecule has 0 fully saturated rings. The fourth-order valence-electron chi connectivity index (χ4n) is 0.215. The fourth-order valence-corrected chi connectivity index (χ4v) is 1.93. The molecule has 11 heteroatoms. The first-order valence-electron chi connectivity index (χ1n) is 2.14. The van der Waals surface area contributed by atoms with Gasteiger partial charge in [-0.15, -0.1) is 0 Å². The van der Waals surface area contributed by atoms with Gasteiger partial charge in [0.1, 0.15) is 0 Å². The molecule has 0 heterocycles. The number of alkyl halides is 3. The molecule has 0 aliphatic heterocycles. The zero-order valence-electron chi connectivity index (χ0n) is 5.16. The summed E-state index contributed by atoms with van der Waals surface area (Å²) >= 11 is 0. The molecule has 0 radical (unpaired) electrons. The number of halogens is 3. The minimum Gasteiger partial charge on any atom is -0.783 e. The molecule has 0 saturated heterocycles. The zero-order chi connectivity index (χ0) is 10.2. The van der Waals surface area contributed by atoms with Crippen LogP contribution in [0.1, 0.15) is 0 Å². The van der Waals surface area contributed by atoms with Gasteiger partial charge in [0.25, 0.3) is 0 Å². The molecule has 0 rings (SSSR count). The standard InChI is InChI=1S/CH3F3N2O4PS/c2-1(3,4)12(9,10)6-11(5,7)8/h(H3-,5,6,7,8)/q-1. The third-order valence-corrected chi connectivity index (χ3v) is 3.11. The van der Waals surface area contributed by atoms with Crippen LogP contribution >= 0.6 is 7.66 Å². The Morgan fingerprint density at radius 3 is 1.92 bits per heavy atom. The zero-order valence-corrected chi connectivity index (χ0v) is 6.87. The van der Waals surface area contributed by atoms with Gasteiger partial charge in [-0.1, -0.05) is 0 Å². The second kappa shape index (κ2) is 2.96. The van der Waals surface area contributed by atoms with E-state index in [1.54, 1.807) is 0 Å². The summed E-state index contributed by atoms with van der Waals surface area (Å²) in [6.07, 6.45) is 0. The first-order chi connectivity index (χ1) is 4.96. The Balaban J connectivity index is 4.83. The number of nitrogens with one attached hydrogen (secondary N) is 2. The average molecular weight is 227 g/mol. The van der Waals surface area contributed by atoms with E-state index in [2.05, 4.69) is 0 Å². The molecule has 12 heavy (non-hydrogen) atoms. The summed E-state index contributed by atoms with van der Waals surface area (Å²) in [5.41, 5.74) is -5.69. The van der Waals surface area contributed by atoms with Gasteiger partial charge in [0.2, 0.25) is 0 Å². The van der Waals surface area contributed by atoms with Crippen LogP contribution in [0.2, 0.25) is 0 Å². The monoisotopic (exact) mass is 227 g/mol. The third kappa shape index (κ3) is 3.50. The van der Waals surface area contributed by atoms with Crippen molar-refractivity contribution in [3.63, 3.8) is 0 Å². The third-order valence-electron chi connectivity index (χ3n) is 0.549. The number of rotatable bonds is 2. The highest BCUT2D eigenvalue weighted by Gasteiger charge is 2.46. The molecule has 0 aliphatic carbocycles. The molecular weight excluding hydrogens is 224 g/mol. The van der Waals surface area contributed by atoms with Crippen molar-refractivity contribution in [2.45, 2.75) is 5.51 Å². The summed E-state index contributed by atoms with van der Waals surface area (Å²) < 4.78 is 54.4. The van der Waals surface area contributed by atoms with E-state index in [4.69, 9.17) is 10.1 Å². The molecule has 0 aromatic rings. The topological polar surface area (TPSA) is 113 Å². The van der Waals surface area contributed by atoms with Crippen molar-refractivity contribution >= 4 is 17.7 Å². The van der Waals surface area contributed by atoms with E-state index >= 15 is 0 Å². The second-order valence-corrected chi connectivity index (χ2v) is 4.97. The lowest BCUT2D eigenvalue weighted by Gasteiger charge is -2.21. The molecule has 0 aliphatic rings. The van der Waals surface area contributed by atoms with Crippen LogP contribution in [0.15, 0.2) is 0 Å². The van der Waals surface area contributed by atoms with Crippen LogP contribution in [0.25, 0.3) is 0 Å². The molecule has 1 atom stereocenters. The first kappa shape index (κ1) is 11.8. The summed E-state index contributed by atoms with van der Waals surface area (Å²) in [5.74, 6) is 0. The van der Waals surface area contributed by atoms with Crippen molar-refractivity contribution in [1.29, 1.82) is 5.16 Å². The largest absolute Gasteiger partial charge is 0.783 e. The normalized spacial score (nSPS) is 18.8. The molecule has 0 bridgehead atoms. The lowest BCUT2D eigenvalue weighted by atomic mass is 11.6. The maximum absolute atomic E-state index is 11.4. The maximum Gasteiger partial charge on any atom is 0.511 e. The number of sulfonamides is 1. The van der Waals surface area contributed by atoms with Crippen molar-refractivity contribution in [1.82, 2.24) is 4.49 Å². The van der Waals surface area contributed by atoms with E-state index < -0.39 is 23.2 Å². The van der Waals surface area contributed by atoms with Gasteiger partial charge < -0.3 is 9.79 Å². The van der Waals surface area contributed by atoms with Crippen LogP contribution in [-0.4, -0.2) is 18.8 Å². The van der Waals surface area contributed by atoms with Crippen LogP contribution in [0.3, 0.4) is 0 Å². The predicted octanol–water partition coefficient (Wildman–Crippen LogP) is -0.697. The van der Waals surface area contributed by atoms with Gasteiger partial charge in [-0.2, -0.15) is 17.7 Å². The maximum atomic E-state index is 11.4.